The number of ether oxygens (including phenoxy) is 2. The van der Waals surface area contributed by atoms with E-state index in [-0.39, 0.29) is 49.3 Å². The van der Waals surface area contributed by atoms with E-state index in [1.807, 2.05) is 6.92 Å². The standard InChI is InChI=1S/C42H80N2O6/c1-5-9-12-14-16-18-20-22-24-26-28-30-41(47)49-36-37(44-40(46)33-32-39(45)43-34-11-7-3)35-38(8-4)50-42(48)31-29-27-25-23-21-19-17-15-13-10-6-2/h37-38H,5-36H2,1-4H3,(H,43,45)(H,44,46). The van der Waals surface area contributed by atoms with Crippen molar-refractivity contribution in [2.24, 2.45) is 0 Å². The SMILES string of the molecule is CCCCCCCCCCCCCC(=O)OCC(CC(CC)OC(=O)CCCCCCCCCCCCC)NC(=O)CCC(=O)NCCCC. The fourth-order valence-electron chi connectivity index (χ4n) is 6.18. The van der Waals surface area contributed by atoms with Crippen molar-refractivity contribution in [2.75, 3.05) is 13.2 Å². The number of nitrogens with one attached hydrogen (secondary N) is 2. The van der Waals surface area contributed by atoms with Crippen LogP contribution in [0.5, 0.6) is 0 Å². The van der Waals surface area contributed by atoms with Gasteiger partial charge in [0.25, 0.3) is 0 Å². The highest BCUT2D eigenvalue weighted by molar-refractivity contribution is 5.83. The van der Waals surface area contributed by atoms with Gasteiger partial charge in [0.1, 0.15) is 12.7 Å². The summed E-state index contributed by atoms with van der Waals surface area (Å²) in [5, 5.41) is 5.79. The van der Waals surface area contributed by atoms with Gasteiger partial charge in [-0.15, -0.1) is 0 Å². The van der Waals surface area contributed by atoms with E-state index in [1.54, 1.807) is 0 Å². The first-order chi connectivity index (χ1) is 24.4. The molecule has 8 heteroatoms. The molecule has 0 saturated heterocycles. The lowest BCUT2D eigenvalue weighted by molar-refractivity contribution is -0.152. The molecule has 50 heavy (non-hydrogen) atoms. The van der Waals surface area contributed by atoms with E-state index in [4.69, 9.17) is 9.47 Å². The van der Waals surface area contributed by atoms with Gasteiger partial charge in [0.05, 0.1) is 6.04 Å². The molecule has 2 unspecified atom stereocenters. The van der Waals surface area contributed by atoms with Crippen molar-refractivity contribution in [2.45, 2.75) is 232 Å². The first-order valence-corrected chi connectivity index (χ1v) is 21.3. The Morgan fingerprint density at radius 3 is 1.36 bits per heavy atom. The largest absolute Gasteiger partial charge is 0.463 e. The van der Waals surface area contributed by atoms with Gasteiger partial charge in [0, 0.05) is 38.6 Å². The molecule has 8 nitrogen and oxygen atoms in total. The number of carbonyl (C=O) groups is 4. The molecular weight excluding hydrogens is 628 g/mol. The van der Waals surface area contributed by atoms with Crippen LogP contribution >= 0.6 is 0 Å². The fraction of sp³-hybridized carbons (Fsp3) is 0.905. The number of hydrogen-bond donors (Lipinski definition) is 2. The van der Waals surface area contributed by atoms with Gasteiger partial charge in [-0.1, -0.05) is 163 Å². The number of amides is 2. The summed E-state index contributed by atoms with van der Waals surface area (Å²) in [7, 11) is 0. The number of carbonyl (C=O) groups excluding carboxylic acids is 4. The van der Waals surface area contributed by atoms with Crippen molar-refractivity contribution in [1.82, 2.24) is 10.6 Å². The van der Waals surface area contributed by atoms with Crippen molar-refractivity contribution < 1.29 is 28.7 Å². The third kappa shape index (κ3) is 33.0. The topological polar surface area (TPSA) is 111 Å². The van der Waals surface area contributed by atoms with E-state index in [2.05, 4.69) is 31.4 Å². The molecule has 0 aliphatic rings. The van der Waals surface area contributed by atoms with Crippen LogP contribution in [0.15, 0.2) is 0 Å². The average molecular weight is 709 g/mol. The van der Waals surface area contributed by atoms with E-state index >= 15 is 0 Å². The molecule has 0 rings (SSSR count). The van der Waals surface area contributed by atoms with E-state index in [0.717, 1.165) is 51.4 Å². The second kappa shape index (κ2) is 36.7. The van der Waals surface area contributed by atoms with Crippen LogP contribution in [0.25, 0.3) is 0 Å². The van der Waals surface area contributed by atoms with Gasteiger partial charge in [-0.2, -0.15) is 0 Å². The summed E-state index contributed by atoms with van der Waals surface area (Å²) in [4.78, 5) is 50.2. The molecule has 0 radical (unpaired) electrons. The predicted octanol–water partition coefficient (Wildman–Crippen LogP) is 10.8. The zero-order chi connectivity index (χ0) is 36.9. The van der Waals surface area contributed by atoms with Crippen LogP contribution in [0.1, 0.15) is 220 Å². The second-order valence-electron chi connectivity index (χ2n) is 14.5. The van der Waals surface area contributed by atoms with Crippen LogP contribution in [0.4, 0.5) is 0 Å². The molecule has 0 aromatic heterocycles. The summed E-state index contributed by atoms with van der Waals surface area (Å²) in [6, 6.07) is -0.494. The number of esters is 2. The van der Waals surface area contributed by atoms with Gasteiger partial charge >= 0.3 is 11.9 Å². The summed E-state index contributed by atoms with van der Waals surface area (Å²) < 4.78 is 11.4. The lowest BCUT2D eigenvalue weighted by atomic mass is 10.1. The maximum atomic E-state index is 12.8. The Morgan fingerprint density at radius 1 is 0.480 bits per heavy atom. The minimum absolute atomic E-state index is 0.0257. The molecule has 0 aromatic rings. The molecule has 2 N–H and O–H groups in total. The predicted molar refractivity (Wildman–Crippen MR) is 207 cm³/mol. The fourth-order valence-corrected chi connectivity index (χ4v) is 6.18. The third-order valence-corrected chi connectivity index (χ3v) is 9.51. The third-order valence-electron chi connectivity index (χ3n) is 9.51. The molecule has 2 atom stereocenters. The summed E-state index contributed by atoms with van der Waals surface area (Å²) in [5.41, 5.74) is 0. The van der Waals surface area contributed by atoms with Gasteiger partial charge in [0.2, 0.25) is 11.8 Å². The maximum absolute atomic E-state index is 12.8. The molecule has 0 fully saturated rings. The molecule has 0 bridgehead atoms. The zero-order valence-corrected chi connectivity index (χ0v) is 33.2. The Morgan fingerprint density at radius 2 is 0.900 bits per heavy atom. The van der Waals surface area contributed by atoms with Gasteiger partial charge in [-0.3, -0.25) is 19.2 Å². The van der Waals surface area contributed by atoms with E-state index in [1.165, 1.54) is 103 Å². The highest BCUT2D eigenvalue weighted by Crippen LogP contribution is 2.16. The highest BCUT2D eigenvalue weighted by atomic mass is 16.5. The minimum atomic E-state index is -0.494. The zero-order valence-electron chi connectivity index (χ0n) is 33.2. The highest BCUT2D eigenvalue weighted by Gasteiger charge is 2.22. The molecule has 0 saturated carbocycles. The molecule has 0 aliphatic heterocycles. The molecule has 0 aliphatic carbocycles. The van der Waals surface area contributed by atoms with Gasteiger partial charge in [-0.05, 0) is 25.7 Å². The van der Waals surface area contributed by atoms with E-state index in [0.29, 0.717) is 32.2 Å². The van der Waals surface area contributed by atoms with Crippen LogP contribution in [-0.2, 0) is 28.7 Å². The summed E-state index contributed by atoms with van der Waals surface area (Å²) >= 11 is 0. The molecular formula is C42H80N2O6. The average Bonchev–Trinajstić information content (AvgIpc) is 3.10. The second-order valence-corrected chi connectivity index (χ2v) is 14.5. The quantitative estimate of drug-likeness (QED) is 0.0491. The number of hydrogen-bond acceptors (Lipinski definition) is 6. The smallest absolute Gasteiger partial charge is 0.306 e. The van der Waals surface area contributed by atoms with Crippen molar-refractivity contribution in [1.29, 1.82) is 0 Å². The summed E-state index contributed by atoms with van der Waals surface area (Å²) in [5.74, 6) is -0.900. The Balaban J connectivity index is 4.61. The first kappa shape index (κ1) is 47.9. The lowest BCUT2D eigenvalue weighted by Gasteiger charge is -2.24. The molecule has 0 heterocycles. The Kier molecular flexibility index (Phi) is 35.1. The first-order valence-electron chi connectivity index (χ1n) is 21.3. The Bertz CT molecular complexity index is 820. The van der Waals surface area contributed by atoms with Crippen LogP contribution in [-0.4, -0.2) is 49.1 Å². The Hall–Kier alpha value is -2.12. The maximum Gasteiger partial charge on any atom is 0.306 e. The molecule has 0 spiro atoms. The summed E-state index contributed by atoms with van der Waals surface area (Å²) in [6.07, 6.45) is 30.2. The van der Waals surface area contributed by atoms with Crippen molar-refractivity contribution in [3.05, 3.63) is 0 Å². The summed E-state index contributed by atoms with van der Waals surface area (Å²) in [6.45, 7) is 9.14. The van der Waals surface area contributed by atoms with Crippen molar-refractivity contribution in [3.63, 3.8) is 0 Å². The van der Waals surface area contributed by atoms with Crippen LogP contribution in [0.3, 0.4) is 0 Å². The van der Waals surface area contributed by atoms with Gasteiger partial charge in [0.15, 0.2) is 0 Å². The molecule has 2 amide bonds. The van der Waals surface area contributed by atoms with Gasteiger partial charge in [-0.25, -0.2) is 0 Å². The van der Waals surface area contributed by atoms with Crippen molar-refractivity contribution >= 4 is 23.8 Å². The number of unbranched alkanes of at least 4 members (excludes halogenated alkanes) is 21. The monoisotopic (exact) mass is 709 g/mol. The Labute approximate surface area is 308 Å². The lowest BCUT2D eigenvalue weighted by Crippen LogP contribution is -2.42. The van der Waals surface area contributed by atoms with Crippen molar-refractivity contribution in [3.8, 4) is 0 Å². The van der Waals surface area contributed by atoms with Crippen LogP contribution in [0, 0.1) is 0 Å². The van der Waals surface area contributed by atoms with Gasteiger partial charge < -0.3 is 20.1 Å². The van der Waals surface area contributed by atoms with Crippen LogP contribution < -0.4 is 10.6 Å². The number of rotatable bonds is 37. The minimum Gasteiger partial charge on any atom is -0.463 e. The van der Waals surface area contributed by atoms with E-state index in [9.17, 15) is 19.2 Å². The normalized spacial score (nSPS) is 12.3. The van der Waals surface area contributed by atoms with Crippen LogP contribution in [0.2, 0.25) is 0 Å². The molecule has 0 aromatic carbocycles. The molecule has 294 valence electrons. The van der Waals surface area contributed by atoms with E-state index < -0.39 is 6.04 Å².